The molecule has 3 heterocycles. The number of anilines is 2. The van der Waals surface area contributed by atoms with Crippen molar-refractivity contribution in [2.75, 3.05) is 50.2 Å². The first-order valence-electron chi connectivity index (χ1n) is 11.2. The van der Waals surface area contributed by atoms with Gasteiger partial charge in [0.1, 0.15) is 0 Å². The topological polar surface area (TPSA) is 83.1 Å². The predicted octanol–water partition coefficient (Wildman–Crippen LogP) is 2.30. The Hall–Kier alpha value is -3.26. The van der Waals surface area contributed by atoms with E-state index in [4.69, 9.17) is 9.47 Å². The lowest BCUT2D eigenvalue weighted by atomic mass is 10.0. The molecule has 0 saturated carbocycles. The fraction of sp³-hybridized carbons (Fsp3) is 0.417. The number of benzene rings is 2. The quantitative estimate of drug-likeness (QED) is 0.700. The summed E-state index contributed by atoms with van der Waals surface area (Å²) in [4.78, 5) is 29.7. The molecule has 0 radical (unpaired) electrons. The van der Waals surface area contributed by atoms with Gasteiger partial charge in [-0.25, -0.2) is 0 Å². The number of ether oxygens (including phenoxy) is 2. The second-order valence-electron chi connectivity index (χ2n) is 8.55. The summed E-state index contributed by atoms with van der Waals surface area (Å²) in [6.45, 7) is 3.58. The van der Waals surface area contributed by atoms with Crippen molar-refractivity contribution < 1.29 is 19.1 Å². The van der Waals surface area contributed by atoms with E-state index in [9.17, 15) is 9.59 Å². The molecule has 2 amide bonds. The van der Waals surface area contributed by atoms with Gasteiger partial charge in [-0.3, -0.25) is 14.5 Å². The van der Waals surface area contributed by atoms with Crippen LogP contribution in [0, 0.1) is 0 Å². The summed E-state index contributed by atoms with van der Waals surface area (Å²) >= 11 is 0. The van der Waals surface area contributed by atoms with Crippen LogP contribution in [0.3, 0.4) is 0 Å². The van der Waals surface area contributed by atoms with E-state index in [-0.39, 0.29) is 12.8 Å². The number of carbonyl (C=O) groups is 2. The molecule has 0 aromatic heterocycles. The van der Waals surface area contributed by atoms with E-state index in [2.05, 4.69) is 45.7 Å². The third-order valence-corrected chi connectivity index (χ3v) is 6.49. The molecule has 0 spiro atoms. The van der Waals surface area contributed by atoms with Crippen molar-refractivity contribution in [3.8, 4) is 11.5 Å². The van der Waals surface area contributed by atoms with E-state index in [1.54, 1.807) is 18.2 Å². The normalized spacial score (nSPS) is 17.8. The van der Waals surface area contributed by atoms with Crippen LogP contribution in [0.5, 0.6) is 11.5 Å². The van der Waals surface area contributed by atoms with Crippen LogP contribution < -0.4 is 25.0 Å². The molecule has 8 heteroatoms. The molecule has 3 aliphatic heterocycles. The number of likely N-dealkylation sites (N-methyl/N-ethyl adjacent to an activating group) is 1. The Morgan fingerprint density at radius 3 is 2.66 bits per heavy atom. The molecule has 0 aliphatic carbocycles. The molecule has 1 fully saturated rings. The maximum atomic E-state index is 12.6. The van der Waals surface area contributed by atoms with Crippen LogP contribution in [0.15, 0.2) is 36.4 Å². The zero-order valence-corrected chi connectivity index (χ0v) is 18.2. The lowest BCUT2D eigenvalue weighted by molar-refractivity contribution is -0.136. The van der Waals surface area contributed by atoms with Gasteiger partial charge in [0.2, 0.25) is 6.79 Å². The zero-order chi connectivity index (χ0) is 22.1. The molecule has 2 aromatic carbocycles. The summed E-state index contributed by atoms with van der Waals surface area (Å²) < 4.78 is 10.6. The number of likely N-dealkylation sites (tertiary alicyclic amines) is 1. The molecule has 168 valence electrons. The second-order valence-corrected chi connectivity index (χ2v) is 8.55. The average molecular weight is 437 g/mol. The third-order valence-electron chi connectivity index (χ3n) is 6.49. The van der Waals surface area contributed by atoms with Crippen molar-refractivity contribution in [2.24, 2.45) is 0 Å². The molecule has 2 aromatic rings. The molecular weight excluding hydrogens is 408 g/mol. The molecule has 1 atom stereocenters. The van der Waals surface area contributed by atoms with Crippen LogP contribution in [-0.4, -0.2) is 56.7 Å². The number of nitrogens with zero attached hydrogens (tertiary/aromatic N) is 2. The molecule has 0 bridgehead atoms. The number of rotatable bonds is 5. The molecular formula is C24H28N4O4. The number of fused-ring (bicyclic) bond motifs is 2. The predicted molar refractivity (Wildman–Crippen MR) is 121 cm³/mol. The van der Waals surface area contributed by atoms with Crippen molar-refractivity contribution in [1.82, 2.24) is 10.2 Å². The van der Waals surface area contributed by atoms with Crippen molar-refractivity contribution in [3.05, 3.63) is 47.5 Å². The molecule has 0 unspecified atom stereocenters. The minimum Gasteiger partial charge on any atom is -0.454 e. The van der Waals surface area contributed by atoms with Crippen LogP contribution in [-0.2, 0) is 16.0 Å². The largest absolute Gasteiger partial charge is 0.454 e. The van der Waals surface area contributed by atoms with Crippen molar-refractivity contribution in [2.45, 2.75) is 25.3 Å². The van der Waals surface area contributed by atoms with Crippen LogP contribution in [0.25, 0.3) is 0 Å². The number of hydrogen-bond donors (Lipinski definition) is 2. The molecule has 8 nitrogen and oxygen atoms in total. The number of carbonyl (C=O) groups excluding carboxylic acids is 2. The minimum absolute atomic E-state index is 0.0519. The maximum Gasteiger partial charge on any atom is 0.313 e. The molecule has 5 rings (SSSR count). The van der Waals surface area contributed by atoms with Gasteiger partial charge < -0.3 is 25.0 Å². The second kappa shape index (κ2) is 8.70. The van der Waals surface area contributed by atoms with E-state index in [0.717, 1.165) is 38.9 Å². The summed E-state index contributed by atoms with van der Waals surface area (Å²) in [5, 5.41) is 5.49. The third kappa shape index (κ3) is 4.10. The highest BCUT2D eigenvalue weighted by molar-refractivity contribution is 6.39. The Morgan fingerprint density at radius 2 is 1.81 bits per heavy atom. The van der Waals surface area contributed by atoms with Crippen molar-refractivity contribution in [3.63, 3.8) is 0 Å². The SMILES string of the molecule is CN1CCc2cc([C@@H](CNC(=O)C(=O)Nc3ccc4c(c3)OCO4)N3CCCC3)ccc21. The first-order valence-corrected chi connectivity index (χ1v) is 11.2. The number of amides is 2. The fourth-order valence-corrected chi connectivity index (χ4v) is 4.74. The first-order chi connectivity index (χ1) is 15.6. The molecule has 2 N–H and O–H groups in total. The van der Waals surface area contributed by atoms with Gasteiger partial charge in [0.05, 0.1) is 6.04 Å². The van der Waals surface area contributed by atoms with E-state index in [1.807, 2.05) is 0 Å². The highest BCUT2D eigenvalue weighted by Crippen LogP contribution is 2.34. The minimum atomic E-state index is -0.695. The zero-order valence-electron chi connectivity index (χ0n) is 18.2. The smallest absolute Gasteiger partial charge is 0.313 e. The van der Waals surface area contributed by atoms with Crippen LogP contribution >= 0.6 is 0 Å². The van der Waals surface area contributed by atoms with Gasteiger partial charge in [-0.05, 0) is 61.7 Å². The Kier molecular flexibility index (Phi) is 5.61. The van der Waals surface area contributed by atoms with Gasteiger partial charge in [0.25, 0.3) is 0 Å². The molecule has 32 heavy (non-hydrogen) atoms. The number of hydrogen-bond acceptors (Lipinski definition) is 6. The summed E-state index contributed by atoms with van der Waals surface area (Å²) in [6, 6.07) is 11.7. The highest BCUT2D eigenvalue weighted by atomic mass is 16.7. The van der Waals surface area contributed by atoms with Crippen molar-refractivity contribution in [1.29, 1.82) is 0 Å². The Labute approximate surface area is 187 Å². The van der Waals surface area contributed by atoms with E-state index >= 15 is 0 Å². The lowest BCUT2D eigenvalue weighted by Crippen LogP contribution is -2.41. The number of nitrogens with one attached hydrogen (secondary N) is 2. The highest BCUT2D eigenvalue weighted by Gasteiger charge is 2.27. The van der Waals surface area contributed by atoms with Gasteiger partial charge in [-0.2, -0.15) is 0 Å². The van der Waals surface area contributed by atoms with Crippen molar-refractivity contribution >= 4 is 23.2 Å². The van der Waals surface area contributed by atoms with Crippen LogP contribution in [0.1, 0.15) is 30.0 Å². The van der Waals surface area contributed by atoms with Gasteiger partial charge >= 0.3 is 11.8 Å². The van der Waals surface area contributed by atoms with Gasteiger partial charge in [0, 0.05) is 37.6 Å². The summed E-state index contributed by atoms with van der Waals surface area (Å²) in [5.74, 6) is -0.159. The summed E-state index contributed by atoms with van der Waals surface area (Å²) in [6.07, 6.45) is 3.35. The first kappa shape index (κ1) is 20.6. The molecule has 1 saturated heterocycles. The van der Waals surface area contributed by atoms with Gasteiger partial charge in [0.15, 0.2) is 11.5 Å². The maximum absolute atomic E-state index is 12.6. The Bertz CT molecular complexity index is 1030. The standard InChI is InChI=1S/C24H28N4O4/c1-27-11-8-17-12-16(4-6-19(17)27)20(28-9-2-3-10-28)14-25-23(29)24(30)26-18-5-7-21-22(13-18)32-15-31-21/h4-7,12-13,20H,2-3,8-11,14-15H2,1H3,(H,25,29)(H,26,30)/t20-/m1/s1. The van der Waals surface area contributed by atoms with E-state index < -0.39 is 11.8 Å². The summed E-state index contributed by atoms with van der Waals surface area (Å²) in [7, 11) is 2.11. The van der Waals surface area contributed by atoms with Crippen LogP contribution in [0.4, 0.5) is 11.4 Å². The molecule has 3 aliphatic rings. The van der Waals surface area contributed by atoms with Gasteiger partial charge in [-0.15, -0.1) is 0 Å². The van der Waals surface area contributed by atoms with E-state index in [1.165, 1.54) is 16.8 Å². The summed E-state index contributed by atoms with van der Waals surface area (Å²) in [5.41, 5.74) is 4.31. The van der Waals surface area contributed by atoms with Crippen LogP contribution in [0.2, 0.25) is 0 Å². The Morgan fingerprint density at radius 1 is 1.00 bits per heavy atom. The monoisotopic (exact) mass is 436 g/mol. The van der Waals surface area contributed by atoms with Gasteiger partial charge in [-0.1, -0.05) is 12.1 Å². The Balaban J connectivity index is 1.25. The average Bonchev–Trinajstić information content (AvgIpc) is 3.55. The fourth-order valence-electron chi connectivity index (χ4n) is 4.74. The lowest BCUT2D eigenvalue weighted by Gasteiger charge is -2.28. The van der Waals surface area contributed by atoms with E-state index in [0.29, 0.717) is 23.7 Å².